The highest BCUT2D eigenvalue weighted by Crippen LogP contribution is 2.38. The number of non-ortho nitro benzene ring substituents is 1. The first-order valence-electron chi connectivity index (χ1n) is 9.87. The highest BCUT2D eigenvalue weighted by Gasteiger charge is 2.27. The molecule has 3 aromatic rings. The molecule has 1 aliphatic rings. The van der Waals surface area contributed by atoms with Crippen LogP contribution in [0.3, 0.4) is 0 Å². The van der Waals surface area contributed by atoms with E-state index < -0.39 is 10.9 Å². The van der Waals surface area contributed by atoms with Crippen LogP contribution in [0.5, 0.6) is 11.5 Å². The van der Waals surface area contributed by atoms with Gasteiger partial charge in [0.1, 0.15) is 6.61 Å². The number of hydrogen-bond acceptors (Lipinski definition) is 7. The van der Waals surface area contributed by atoms with Crippen molar-refractivity contribution >= 4 is 51.2 Å². The van der Waals surface area contributed by atoms with E-state index in [1.54, 1.807) is 12.1 Å². The van der Waals surface area contributed by atoms with Crippen molar-refractivity contribution < 1.29 is 23.9 Å². The van der Waals surface area contributed by atoms with Crippen molar-refractivity contribution in [3.63, 3.8) is 0 Å². The Morgan fingerprint density at radius 2 is 1.94 bits per heavy atom. The van der Waals surface area contributed by atoms with Crippen LogP contribution in [-0.2, 0) is 16.1 Å². The van der Waals surface area contributed by atoms with Crippen LogP contribution in [0.25, 0.3) is 6.08 Å². The summed E-state index contributed by atoms with van der Waals surface area (Å²) in [6.45, 7) is 0.347. The normalized spacial score (nSPS) is 14.0. The van der Waals surface area contributed by atoms with Gasteiger partial charge in [-0.1, -0.05) is 41.9 Å². The van der Waals surface area contributed by atoms with Crippen molar-refractivity contribution in [2.45, 2.75) is 6.61 Å². The van der Waals surface area contributed by atoms with Gasteiger partial charge in [-0.2, -0.15) is 0 Å². The lowest BCUT2D eigenvalue weighted by Crippen LogP contribution is -2.06. The van der Waals surface area contributed by atoms with Gasteiger partial charge in [0.05, 0.1) is 27.1 Å². The quantitative estimate of drug-likeness (QED) is 0.158. The second kappa shape index (κ2) is 10.1. The fourth-order valence-electron chi connectivity index (χ4n) is 3.17. The number of rotatable bonds is 7. The second-order valence-electron chi connectivity index (χ2n) is 7.07. The minimum Gasteiger partial charge on any atom is -0.493 e. The van der Waals surface area contributed by atoms with E-state index in [2.05, 4.69) is 20.9 Å². The number of carbonyl (C=O) groups excluding carboxylic acids is 1. The van der Waals surface area contributed by atoms with Gasteiger partial charge in [-0.05, 0) is 51.3 Å². The molecule has 8 nitrogen and oxygen atoms in total. The molecule has 0 aliphatic carbocycles. The Morgan fingerprint density at radius 1 is 1.18 bits per heavy atom. The maximum Gasteiger partial charge on any atom is 0.363 e. The molecule has 1 heterocycles. The number of hydrogen-bond donors (Lipinski definition) is 0. The molecule has 0 atom stereocenters. The average molecular weight is 544 g/mol. The fraction of sp³-hybridized carbons (Fsp3) is 0.0833. The van der Waals surface area contributed by atoms with Gasteiger partial charge in [0.15, 0.2) is 17.2 Å². The van der Waals surface area contributed by atoms with Crippen LogP contribution in [0, 0.1) is 10.1 Å². The number of benzene rings is 3. The standard InChI is InChI=1S/C24H16BrClN2O6/c1-32-21-11-15(9-18(25)22(21)33-13-14-5-3-2-4-6-14)10-20-24(29)34-23(27-20)17-12-16(28(30)31)7-8-19(17)26/h2-12H,13H2,1H3/b20-10-. The summed E-state index contributed by atoms with van der Waals surface area (Å²) in [5, 5.41) is 11.2. The Morgan fingerprint density at radius 3 is 2.65 bits per heavy atom. The summed E-state index contributed by atoms with van der Waals surface area (Å²) in [5.74, 6) is 0.139. The van der Waals surface area contributed by atoms with Crippen molar-refractivity contribution in [3.05, 3.63) is 103 Å². The van der Waals surface area contributed by atoms with Crippen LogP contribution in [0.15, 0.2) is 75.8 Å². The Labute approximate surface area is 207 Å². The number of esters is 1. The van der Waals surface area contributed by atoms with Gasteiger partial charge >= 0.3 is 5.97 Å². The fourth-order valence-corrected chi connectivity index (χ4v) is 3.94. The predicted molar refractivity (Wildman–Crippen MR) is 130 cm³/mol. The largest absolute Gasteiger partial charge is 0.493 e. The van der Waals surface area contributed by atoms with E-state index in [9.17, 15) is 14.9 Å². The van der Waals surface area contributed by atoms with Crippen molar-refractivity contribution in [2.75, 3.05) is 7.11 Å². The van der Waals surface area contributed by atoms with Crippen molar-refractivity contribution in [1.29, 1.82) is 0 Å². The van der Waals surface area contributed by atoms with Crippen molar-refractivity contribution in [1.82, 2.24) is 0 Å². The monoisotopic (exact) mass is 542 g/mol. The van der Waals surface area contributed by atoms with Crippen LogP contribution in [0.4, 0.5) is 5.69 Å². The average Bonchev–Trinajstić information content (AvgIpc) is 3.18. The first-order valence-corrected chi connectivity index (χ1v) is 11.0. The number of cyclic esters (lactones) is 1. The topological polar surface area (TPSA) is 100 Å². The summed E-state index contributed by atoms with van der Waals surface area (Å²) in [6, 6.07) is 16.9. The molecule has 0 aromatic heterocycles. The van der Waals surface area contributed by atoms with Crippen LogP contribution in [0.1, 0.15) is 16.7 Å². The summed E-state index contributed by atoms with van der Waals surface area (Å²) in [5.41, 5.74) is 1.55. The van der Waals surface area contributed by atoms with E-state index in [0.29, 0.717) is 28.1 Å². The van der Waals surface area contributed by atoms with Crippen molar-refractivity contribution in [3.8, 4) is 11.5 Å². The van der Waals surface area contributed by atoms with Gasteiger partial charge in [-0.15, -0.1) is 0 Å². The summed E-state index contributed by atoms with van der Waals surface area (Å²) >= 11 is 9.63. The third-order valence-electron chi connectivity index (χ3n) is 4.79. The van der Waals surface area contributed by atoms with Gasteiger partial charge in [-0.25, -0.2) is 9.79 Å². The molecule has 0 saturated carbocycles. The SMILES string of the molecule is COc1cc(/C=C2\N=C(c3cc([N+](=O)[O-])ccc3Cl)OC2=O)cc(Br)c1OCc1ccccc1. The van der Waals surface area contributed by atoms with E-state index in [4.69, 9.17) is 25.8 Å². The van der Waals surface area contributed by atoms with Crippen LogP contribution in [-0.4, -0.2) is 23.9 Å². The highest BCUT2D eigenvalue weighted by atomic mass is 79.9. The third kappa shape index (κ3) is 5.11. The molecule has 3 aromatic carbocycles. The Hall–Kier alpha value is -3.69. The molecule has 0 bridgehead atoms. The number of nitro groups is 1. The lowest BCUT2D eigenvalue weighted by Gasteiger charge is -2.13. The number of carbonyl (C=O) groups is 1. The molecule has 1 aliphatic heterocycles. The summed E-state index contributed by atoms with van der Waals surface area (Å²) in [7, 11) is 1.51. The second-order valence-corrected chi connectivity index (χ2v) is 8.33. The smallest absolute Gasteiger partial charge is 0.363 e. The van der Waals surface area contributed by atoms with Gasteiger partial charge in [-0.3, -0.25) is 10.1 Å². The maximum absolute atomic E-state index is 12.4. The first kappa shape index (κ1) is 23.5. The molecule has 0 amide bonds. The zero-order chi connectivity index (χ0) is 24.2. The van der Waals surface area contributed by atoms with Crippen LogP contribution >= 0.6 is 27.5 Å². The molecule has 0 unspecified atom stereocenters. The zero-order valence-electron chi connectivity index (χ0n) is 17.7. The van der Waals surface area contributed by atoms with Gasteiger partial charge in [0.2, 0.25) is 5.90 Å². The molecular formula is C24H16BrClN2O6. The van der Waals surface area contributed by atoms with E-state index in [1.807, 2.05) is 30.3 Å². The number of nitrogens with zero attached hydrogens (tertiary/aromatic N) is 2. The lowest BCUT2D eigenvalue weighted by molar-refractivity contribution is -0.384. The first-order chi connectivity index (χ1) is 16.4. The Bertz CT molecular complexity index is 1340. The molecule has 0 spiro atoms. The molecule has 34 heavy (non-hydrogen) atoms. The van der Waals surface area contributed by atoms with Gasteiger partial charge < -0.3 is 14.2 Å². The number of ether oxygens (including phenoxy) is 3. The molecule has 0 fully saturated rings. The third-order valence-corrected chi connectivity index (χ3v) is 5.71. The minimum absolute atomic E-state index is 0.00415. The molecule has 0 saturated heterocycles. The van der Waals surface area contributed by atoms with E-state index in [1.165, 1.54) is 31.4 Å². The summed E-state index contributed by atoms with van der Waals surface area (Å²) < 4.78 is 17.2. The minimum atomic E-state index is -0.711. The maximum atomic E-state index is 12.4. The molecule has 0 N–H and O–H groups in total. The van der Waals surface area contributed by atoms with Crippen LogP contribution in [0.2, 0.25) is 5.02 Å². The predicted octanol–water partition coefficient (Wildman–Crippen LogP) is 5.94. The number of aliphatic imine (C=N–C) groups is 1. The molecule has 172 valence electrons. The summed E-state index contributed by atoms with van der Waals surface area (Å²) in [6.07, 6.45) is 1.51. The lowest BCUT2D eigenvalue weighted by atomic mass is 10.1. The van der Waals surface area contributed by atoms with E-state index in [-0.39, 0.29) is 27.9 Å². The number of halogens is 2. The van der Waals surface area contributed by atoms with Gasteiger partial charge in [0.25, 0.3) is 5.69 Å². The zero-order valence-corrected chi connectivity index (χ0v) is 20.0. The Balaban J connectivity index is 1.63. The van der Waals surface area contributed by atoms with E-state index in [0.717, 1.165) is 5.56 Å². The van der Waals surface area contributed by atoms with E-state index >= 15 is 0 Å². The molecule has 0 radical (unpaired) electrons. The molecular weight excluding hydrogens is 528 g/mol. The molecule has 4 rings (SSSR count). The van der Waals surface area contributed by atoms with Gasteiger partial charge in [0, 0.05) is 12.1 Å². The highest BCUT2D eigenvalue weighted by molar-refractivity contribution is 9.10. The number of methoxy groups -OCH3 is 1. The Kier molecular flexibility index (Phi) is 6.95. The van der Waals surface area contributed by atoms with Crippen molar-refractivity contribution in [2.24, 2.45) is 4.99 Å². The van der Waals surface area contributed by atoms with Crippen LogP contribution < -0.4 is 9.47 Å². The summed E-state index contributed by atoms with van der Waals surface area (Å²) in [4.78, 5) is 27.1. The molecule has 10 heteroatoms. The number of nitro benzene ring substituents is 1.